The first-order chi connectivity index (χ1) is 16.4. The van der Waals surface area contributed by atoms with Crippen molar-refractivity contribution in [1.29, 1.82) is 0 Å². The maximum Gasteiger partial charge on any atom is 0.342 e. The van der Waals surface area contributed by atoms with Gasteiger partial charge in [-0.05, 0) is 32.6 Å². The highest BCUT2D eigenvalue weighted by Gasteiger charge is 2.27. The minimum atomic E-state index is -0.448. The Morgan fingerprint density at radius 2 is 1.91 bits per heavy atom. The molecule has 1 N–H and O–H groups in total. The maximum atomic E-state index is 12.8. The first-order valence-corrected chi connectivity index (χ1v) is 11.7. The van der Waals surface area contributed by atoms with E-state index in [4.69, 9.17) is 21.1 Å². The molecule has 0 amide bonds. The van der Waals surface area contributed by atoms with Crippen LogP contribution in [0.4, 0.5) is 11.5 Å². The third-order valence-electron chi connectivity index (χ3n) is 5.90. The van der Waals surface area contributed by atoms with Crippen LogP contribution < -0.4 is 14.5 Å². The number of ether oxygens (including phenoxy) is 2. The topological polar surface area (TPSA) is 99.7 Å². The van der Waals surface area contributed by atoms with Gasteiger partial charge in [0.25, 0.3) is 0 Å². The van der Waals surface area contributed by atoms with Crippen LogP contribution in [-0.4, -0.2) is 91.6 Å². The van der Waals surface area contributed by atoms with Crippen molar-refractivity contribution in [2.45, 2.75) is 13.3 Å². The number of likely N-dealkylation sites (N-methyl/N-ethyl adjacent to an activating group) is 1. The molecule has 1 saturated heterocycles. The van der Waals surface area contributed by atoms with Gasteiger partial charge in [0.1, 0.15) is 24.3 Å². The summed E-state index contributed by atoms with van der Waals surface area (Å²) in [5, 5.41) is 8.81. The molecule has 0 bridgehead atoms. The Morgan fingerprint density at radius 3 is 2.59 bits per heavy atom. The standard InChI is InChI=1S/C23H30ClN7O3/c1-5-17-19-21(28-27-17)25-14-26-22(19)31-8-6-30(7-9-31)18-13-15(24)12-16(20(18)33-4)23(32)34-11-10-29(2)3/h12-14H,5-11H2,1-4H3,(H,25,26,27,28). The minimum absolute atomic E-state index is 0.288. The zero-order valence-corrected chi connectivity index (χ0v) is 20.7. The van der Waals surface area contributed by atoms with E-state index in [1.165, 1.54) is 0 Å². The Hall–Kier alpha value is -3.11. The Kier molecular flexibility index (Phi) is 7.38. The van der Waals surface area contributed by atoms with E-state index >= 15 is 0 Å². The van der Waals surface area contributed by atoms with Crippen molar-refractivity contribution < 1.29 is 14.3 Å². The fourth-order valence-corrected chi connectivity index (χ4v) is 4.35. The highest BCUT2D eigenvalue weighted by molar-refractivity contribution is 6.31. The molecule has 3 heterocycles. The van der Waals surface area contributed by atoms with Crippen molar-refractivity contribution in [3.05, 3.63) is 34.7 Å². The molecule has 1 aromatic carbocycles. The molecule has 1 aliphatic rings. The first kappa shape index (κ1) is 24.0. The molecule has 1 fully saturated rings. The Balaban J connectivity index is 1.54. The molecular formula is C23H30ClN7O3. The maximum absolute atomic E-state index is 12.8. The molecule has 11 heteroatoms. The van der Waals surface area contributed by atoms with Crippen LogP contribution in [0.15, 0.2) is 18.5 Å². The quantitative estimate of drug-likeness (QED) is 0.480. The molecule has 10 nitrogen and oxygen atoms in total. The van der Waals surface area contributed by atoms with Gasteiger partial charge >= 0.3 is 5.97 Å². The molecule has 0 saturated carbocycles. The number of aryl methyl sites for hydroxylation is 1. The summed E-state index contributed by atoms with van der Waals surface area (Å²) in [5.41, 5.74) is 2.81. The van der Waals surface area contributed by atoms with Crippen LogP contribution in [0.3, 0.4) is 0 Å². The highest BCUT2D eigenvalue weighted by Crippen LogP contribution is 2.37. The molecule has 0 unspecified atom stereocenters. The number of hydrogen-bond acceptors (Lipinski definition) is 9. The zero-order chi connectivity index (χ0) is 24.2. The number of hydrogen-bond donors (Lipinski definition) is 1. The van der Waals surface area contributed by atoms with E-state index in [2.05, 4.69) is 36.9 Å². The van der Waals surface area contributed by atoms with Crippen molar-refractivity contribution in [2.75, 3.05) is 70.3 Å². The molecule has 0 aliphatic carbocycles. The van der Waals surface area contributed by atoms with Crippen molar-refractivity contribution in [3.63, 3.8) is 0 Å². The average molecular weight is 488 g/mol. The summed E-state index contributed by atoms with van der Waals surface area (Å²) in [7, 11) is 5.41. The van der Waals surface area contributed by atoms with E-state index in [1.54, 1.807) is 19.5 Å². The van der Waals surface area contributed by atoms with Crippen LogP contribution >= 0.6 is 11.6 Å². The lowest BCUT2D eigenvalue weighted by Crippen LogP contribution is -2.47. The summed E-state index contributed by atoms with van der Waals surface area (Å²) in [5.74, 6) is 0.912. The molecular weight excluding hydrogens is 458 g/mol. The average Bonchev–Trinajstić information content (AvgIpc) is 3.27. The zero-order valence-electron chi connectivity index (χ0n) is 20.0. The number of nitrogens with zero attached hydrogens (tertiary/aromatic N) is 6. The number of rotatable bonds is 8. The van der Waals surface area contributed by atoms with Gasteiger partial charge in [-0.3, -0.25) is 5.10 Å². The molecule has 0 spiro atoms. The molecule has 0 radical (unpaired) electrons. The predicted molar refractivity (Wildman–Crippen MR) is 132 cm³/mol. The van der Waals surface area contributed by atoms with Gasteiger partial charge < -0.3 is 24.2 Å². The molecule has 2 aromatic heterocycles. The van der Waals surface area contributed by atoms with Gasteiger partial charge in [0.2, 0.25) is 0 Å². The SMILES string of the molecule is CCc1n[nH]c2ncnc(N3CCN(c4cc(Cl)cc(C(=O)OCCN(C)C)c4OC)CC3)c12. The van der Waals surface area contributed by atoms with E-state index < -0.39 is 5.97 Å². The number of carbonyl (C=O) groups is 1. The van der Waals surface area contributed by atoms with E-state index in [0.29, 0.717) is 36.0 Å². The number of benzene rings is 1. The molecule has 4 rings (SSSR count). The second-order valence-electron chi connectivity index (χ2n) is 8.36. The second kappa shape index (κ2) is 10.4. The summed E-state index contributed by atoms with van der Waals surface area (Å²) < 4.78 is 11.1. The summed E-state index contributed by atoms with van der Waals surface area (Å²) in [4.78, 5) is 28.0. The second-order valence-corrected chi connectivity index (χ2v) is 8.80. The summed E-state index contributed by atoms with van der Waals surface area (Å²) in [6, 6.07) is 3.43. The Morgan fingerprint density at radius 1 is 1.18 bits per heavy atom. The lowest BCUT2D eigenvalue weighted by Gasteiger charge is -2.37. The number of nitrogens with one attached hydrogen (secondary N) is 1. The minimum Gasteiger partial charge on any atom is -0.494 e. The number of fused-ring (bicyclic) bond motifs is 1. The van der Waals surface area contributed by atoms with Crippen LogP contribution in [-0.2, 0) is 11.2 Å². The lowest BCUT2D eigenvalue weighted by atomic mass is 10.1. The van der Waals surface area contributed by atoms with Gasteiger partial charge in [0, 0.05) is 37.7 Å². The fourth-order valence-electron chi connectivity index (χ4n) is 4.14. The van der Waals surface area contributed by atoms with E-state index in [1.807, 2.05) is 25.1 Å². The lowest BCUT2D eigenvalue weighted by molar-refractivity contribution is 0.0478. The number of piperazine rings is 1. The smallest absolute Gasteiger partial charge is 0.342 e. The number of aromatic amines is 1. The predicted octanol–water partition coefficient (Wildman–Crippen LogP) is 2.62. The highest BCUT2D eigenvalue weighted by atomic mass is 35.5. The normalized spacial score (nSPS) is 14.2. The number of aromatic nitrogens is 4. The van der Waals surface area contributed by atoms with Gasteiger partial charge in [-0.25, -0.2) is 14.8 Å². The molecule has 182 valence electrons. The summed E-state index contributed by atoms with van der Waals surface area (Å²) in [6.45, 7) is 5.87. The Labute approximate surface area is 203 Å². The van der Waals surface area contributed by atoms with Crippen molar-refractivity contribution in [3.8, 4) is 5.75 Å². The van der Waals surface area contributed by atoms with Crippen LogP contribution in [0.25, 0.3) is 11.0 Å². The summed E-state index contributed by atoms with van der Waals surface area (Å²) in [6.07, 6.45) is 2.36. The number of halogens is 1. The third-order valence-corrected chi connectivity index (χ3v) is 6.12. The van der Waals surface area contributed by atoms with Crippen molar-refractivity contribution in [1.82, 2.24) is 25.1 Å². The van der Waals surface area contributed by atoms with Gasteiger partial charge in [-0.15, -0.1) is 0 Å². The van der Waals surface area contributed by atoms with Crippen molar-refractivity contribution in [2.24, 2.45) is 0 Å². The first-order valence-electron chi connectivity index (χ1n) is 11.3. The van der Waals surface area contributed by atoms with Crippen molar-refractivity contribution >= 4 is 40.1 Å². The molecule has 1 aliphatic heterocycles. The van der Waals surface area contributed by atoms with Crippen LogP contribution in [0.1, 0.15) is 23.0 Å². The van der Waals surface area contributed by atoms with Crippen LogP contribution in [0.2, 0.25) is 5.02 Å². The van der Waals surface area contributed by atoms with Gasteiger partial charge in [0.05, 0.1) is 23.9 Å². The van der Waals surface area contributed by atoms with Gasteiger partial charge in [0.15, 0.2) is 11.4 Å². The fraction of sp³-hybridized carbons (Fsp3) is 0.478. The van der Waals surface area contributed by atoms with Gasteiger partial charge in [-0.2, -0.15) is 5.10 Å². The number of carbonyl (C=O) groups excluding carboxylic acids is 1. The Bertz CT molecular complexity index is 1160. The third kappa shape index (κ3) is 4.88. The van der Waals surface area contributed by atoms with Gasteiger partial charge in [-0.1, -0.05) is 18.5 Å². The van der Waals surface area contributed by atoms with E-state index in [9.17, 15) is 4.79 Å². The van der Waals surface area contributed by atoms with E-state index in [0.717, 1.165) is 47.7 Å². The number of H-pyrrole nitrogens is 1. The molecule has 34 heavy (non-hydrogen) atoms. The monoisotopic (exact) mass is 487 g/mol. The molecule has 3 aromatic rings. The largest absolute Gasteiger partial charge is 0.494 e. The number of esters is 1. The van der Waals surface area contributed by atoms with Crippen LogP contribution in [0, 0.1) is 0 Å². The number of anilines is 2. The van der Waals surface area contributed by atoms with Crippen LogP contribution in [0.5, 0.6) is 5.75 Å². The summed E-state index contributed by atoms with van der Waals surface area (Å²) >= 11 is 6.40. The van der Waals surface area contributed by atoms with E-state index in [-0.39, 0.29) is 6.61 Å². The molecule has 0 atom stereocenters. The number of methoxy groups -OCH3 is 1.